The summed E-state index contributed by atoms with van der Waals surface area (Å²) < 4.78 is 14.4. The van der Waals surface area contributed by atoms with Gasteiger partial charge < -0.3 is 4.90 Å². The van der Waals surface area contributed by atoms with Gasteiger partial charge in [-0.25, -0.2) is 4.39 Å². The number of hydrogen-bond acceptors (Lipinski definition) is 2. The van der Waals surface area contributed by atoms with Crippen LogP contribution in [0.5, 0.6) is 0 Å². The molecule has 0 bridgehead atoms. The molecule has 0 saturated carbocycles. The van der Waals surface area contributed by atoms with E-state index in [0.717, 1.165) is 10.0 Å². The van der Waals surface area contributed by atoms with Gasteiger partial charge in [0.25, 0.3) is 0 Å². The van der Waals surface area contributed by atoms with Gasteiger partial charge in [0.1, 0.15) is 5.82 Å². The molecule has 1 fully saturated rings. The van der Waals surface area contributed by atoms with Crippen molar-refractivity contribution in [3.05, 3.63) is 28.0 Å². The fraction of sp³-hybridized carbons (Fsp3) is 0.364. The first-order chi connectivity index (χ1) is 7.08. The van der Waals surface area contributed by atoms with Gasteiger partial charge in [0.05, 0.1) is 12.2 Å². The lowest BCUT2D eigenvalue weighted by Gasteiger charge is -2.18. The van der Waals surface area contributed by atoms with Gasteiger partial charge in [-0.1, -0.05) is 15.9 Å². The highest BCUT2D eigenvalue weighted by molar-refractivity contribution is 9.10. The van der Waals surface area contributed by atoms with Crippen LogP contribution in [0, 0.1) is 12.7 Å². The van der Waals surface area contributed by atoms with E-state index in [2.05, 4.69) is 15.9 Å². The van der Waals surface area contributed by atoms with Crippen LogP contribution in [0.4, 0.5) is 10.1 Å². The quantitative estimate of drug-likeness (QED) is 0.783. The van der Waals surface area contributed by atoms with Crippen molar-refractivity contribution in [3.63, 3.8) is 0 Å². The largest absolute Gasteiger partial charge is 0.361 e. The smallest absolute Gasteiger partial charge is 0.153 e. The van der Waals surface area contributed by atoms with E-state index in [9.17, 15) is 9.18 Å². The lowest BCUT2D eigenvalue weighted by molar-refractivity contribution is -0.116. The van der Waals surface area contributed by atoms with Gasteiger partial charge >= 0.3 is 0 Å². The van der Waals surface area contributed by atoms with E-state index >= 15 is 0 Å². The summed E-state index contributed by atoms with van der Waals surface area (Å²) >= 11 is 3.28. The maximum absolute atomic E-state index is 13.6. The minimum absolute atomic E-state index is 0.176. The van der Waals surface area contributed by atoms with Crippen molar-refractivity contribution in [2.45, 2.75) is 13.3 Å². The average Bonchev–Trinajstić information content (AvgIpc) is 2.58. The standard InChI is InChI=1S/C11H11BrFNO/c1-7-4-11(10(13)5-9(7)12)14-3-2-8(15)6-14/h4-5H,2-3,6H2,1H3. The van der Waals surface area contributed by atoms with Gasteiger partial charge in [0.15, 0.2) is 5.78 Å². The second-order valence-corrected chi connectivity index (χ2v) is 4.62. The molecule has 0 spiro atoms. The summed E-state index contributed by atoms with van der Waals surface area (Å²) in [6, 6.07) is 3.23. The Morgan fingerprint density at radius 2 is 2.20 bits per heavy atom. The monoisotopic (exact) mass is 271 g/mol. The highest BCUT2D eigenvalue weighted by Gasteiger charge is 2.22. The Morgan fingerprint density at radius 3 is 2.80 bits per heavy atom. The summed E-state index contributed by atoms with van der Waals surface area (Å²) in [7, 11) is 0. The van der Waals surface area contributed by atoms with Gasteiger partial charge in [-0.15, -0.1) is 0 Å². The Bertz CT molecular complexity index is 419. The first-order valence-electron chi connectivity index (χ1n) is 4.80. The maximum atomic E-state index is 13.6. The van der Waals surface area contributed by atoms with Crippen LogP contribution in [0.3, 0.4) is 0 Å². The van der Waals surface area contributed by atoms with Crippen LogP contribution in [0.15, 0.2) is 16.6 Å². The van der Waals surface area contributed by atoms with Crippen molar-refractivity contribution in [1.82, 2.24) is 0 Å². The van der Waals surface area contributed by atoms with E-state index in [1.165, 1.54) is 6.07 Å². The Morgan fingerprint density at radius 1 is 1.47 bits per heavy atom. The molecule has 0 amide bonds. The second kappa shape index (κ2) is 3.93. The zero-order chi connectivity index (χ0) is 11.0. The molecule has 1 aromatic rings. The normalized spacial score (nSPS) is 16.2. The van der Waals surface area contributed by atoms with E-state index in [4.69, 9.17) is 0 Å². The van der Waals surface area contributed by atoms with Crippen LogP contribution >= 0.6 is 15.9 Å². The van der Waals surface area contributed by atoms with Gasteiger partial charge in [-0.3, -0.25) is 4.79 Å². The van der Waals surface area contributed by atoms with Crippen molar-refractivity contribution in [3.8, 4) is 0 Å². The number of carbonyl (C=O) groups excluding carboxylic acids is 1. The Kier molecular flexibility index (Phi) is 2.78. The molecule has 4 heteroatoms. The predicted molar refractivity (Wildman–Crippen MR) is 60.7 cm³/mol. The minimum Gasteiger partial charge on any atom is -0.361 e. The fourth-order valence-electron chi connectivity index (χ4n) is 1.72. The highest BCUT2D eigenvalue weighted by atomic mass is 79.9. The number of nitrogens with zero attached hydrogens (tertiary/aromatic N) is 1. The van der Waals surface area contributed by atoms with Gasteiger partial charge in [-0.2, -0.15) is 0 Å². The number of halogens is 2. The van der Waals surface area contributed by atoms with E-state index in [1.807, 2.05) is 6.92 Å². The van der Waals surface area contributed by atoms with E-state index in [1.54, 1.807) is 11.0 Å². The molecule has 2 rings (SSSR count). The Labute approximate surface area is 96.2 Å². The first kappa shape index (κ1) is 10.6. The van der Waals surface area contributed by atoms with E-state index in [-0.39, 0.29) is 11.6 Å². The van der Waals surface area contributed by atoms with Gasteiger partial charge in [0.2, 0.25) is 0 Å². The van der Waals surface area contributed by atoms with E-state index in [0.29, 0.717) is 25.2 Å². The van der Waals surface area contributed by atoms with Gasteiger partial charge in [-0.05, 0) is 24.6 Å². The van der Waals surface area contributed by atoms with E-state index < -0.39 is 0 Å². The number of anilines is 1. The lowest BCUT2D eigenvalue weighted by atomic mass is 10.2. The number of carbonyl (C=O) groups is 1. The third kappa shape index (κ3) is 2.04. The number of aryl methyl sites for hydroxylation is 1. The molecular weight excluding hydrogens is 261 g/mol. The van der Waals surface area contributed by atoms with Crippen molar-refractivity contribution >= 4 is 27.4 Å². The van der Waals surface area contributed by atoms with Crippen LogP contribution in [0.25, 0.3) is 0 Å². The summed E-state index contributed by atoms with van der Waals surface area (Å²) in [6.07, 6.45) is 0.522. The first-order valence-corrected chi connectivity index (χ1v) is 5.59. The number of ketones is 1. The molecule has 0 unspecified atom stereocenters. The molecular formula is C11H11BrFNO. The predicted octanol–water partition coefficient (Wildman–Crippen LogP) is 2.68. The maximum Gasteiger partial charge on any atom is 0.153 e. The third-order valence-electron chi connectivity index (χ3n) is 2.60. The van der Waals surface area contributed by atoms with Gasteiger partial charge in [0, 0.05) is 17.4 Å². The zero-order valence-corrected chi connectivity index (χ0v) is 9.97. The summed E-state index contributed by atoms with van der Waals surface area (Å²) in [6.45, 7) is 2.86. The van der Waals surface area contributed by atoms with Crippen LogP contribution in [-0.4, -0.2) is 18.9 Å². The van der Waals surface area contributed by atoms with Crippen LogP contribution < -0.4 is 4.90 Å². The number of benzene rings is 1. The summed E-state index contributed by atoms with van der Waals surface area (Å²) in [5, 5.41) is 0. The molecule has 0 radical (unpaired) electrons. The molecule has 1 heterocycles. The number of Topliss-reactive ketones (excluding diaryl/α,β-unsaturated/α-hetero) is 1. The molecule has 15 heavy (non-hydrogen) atoms. The molecule has 1 aromatic carbocycles. The molecule has 0 atom stereocenters. The summed E-state index contributed by atoms with van der Waals surface area (Å²) in [5.74, 6) is -0.0999. The third-order valence-corrected chi connectivity index (χ3v) is 3.45. The topological polar surface area (TPSA) is 20.3 Å². The summed E-state index contributed by atoms with van der Waals surface area (Å²) in [4.78, 5) is 12.9. The molecule has 1 saturated heterocycles. The molecule has 0 aliphatic carbocycles. The average molecular weight is 272 g/mol. The fourth-order valence-corrected chi connectivity index (χ4v) is 2.04. The summed E-state index contributed by atoms with van der Waals surface area (Å²) in [5.41, 5.74) is 1.51. The lowest BCUT2D eigenvalue weighted by Crippen LogP contribution is -2.20. The molecule has 2 nitrogen and oxygen atoms in total. The molecule has 0 N–H and O–H groups in total. The van der Waals surface area contributed by atoms with Crippen LogP contribution in [0.1, 0.15) is 12.0 Å². The SMILES string of the molecule is Cc1cc(N2CCC(=O)C2)c(F)cc1Br. The van der Waals surface area contributed by atoms with Crippen molar-refractivity contribution in [2.75, 3.05) is 18.0 Å². The van der Waals surface area contributed by atoms with Crippen molar-refractivity contribution < 1.29 is 9.18 Å². The molecule has 1 aliphatic heterocycles. The van der Waals surface area contributed by atoms with Crippen molar-refractivity contribution in [1.29, 1.82) is 0 Å². The Balaban J connectivity index is 2.36. The minimum atomic E-state index is -0.276. The molecule has 1 aliphatic rings. The Hall–Kier alpha value is -0.900. The molecule has 0 aromatic heterocycles. The highest BCUT2D eigenvalue weighted by Crippen LogP contribution is 2.28. The number of hydrogen-bond donors (Lipinski definition) is 0. The number of rotatable bonds is 1. The molecule has 80 valence electrons. The zero-order valence-electron chi connectivity index (χ0n) is 8.39. The second-order valence-electron chi connectivity index (χ2n) is 3.76. The van der Waals surface area contributed by atoms with Crippen LogP contribution in [0.2, 0.25) is 0 Å². The van der Waals surface area contributed by atoms with Crippen LogP contribution in [-0.2, 0) is 4.79 Å². The van der Waals surface area contributed by atoms with Crippen molar-refractivity contribution in [2.24, 2.45) is 0 Å².